The fourth-order valence-electron chi connectivity index (χ4n) is 2.37. The Labute approximate surface area is 122 Å². The van der Waals surface area contributed by atoms with E-state index in [4.69, 9.17) is 0 Å². The van der Waals surface area contributed by atoms with E-state index in [1.54, 1.807) is 0 Å². The van der Waals surface area contributed by atoms with E-state index in [2.05, 4.69) is 66.8 Å². The van der Waals surface area contributed by atoms with Crippen molar-refractivity contribution in [1.29, 1.82) is 0 Å². The average molecular weight is 271 g/mol. The van der Waals surface area contributed by atoms with E-state index in [1.807, 2.05) is 12.5 Å². The maximum atomic E-state index is 4.35. The summed E-state index contributed by atoms with van der Waals surface area (Å²) in [5.74, 6) is 0. The highest BCUT2D eigenvalue weighted by Gasteiger charge is 2.16. The molecule has 0 radical (unpaired) electrons. The molecule has 3 heteroatoms. The Morgan fingerprint density at radius 1 is 1.20 bits per heavy atom. The molecule has 108 valence electrons. The van der Waals surface area contributed by atoms with Crippen LogP contribution >= 0.6 is 0 Å². The summed E-state index contributed by atoms with van der Waals surface area (Å²) in [6, 6.07) is 8.53. The highest BCUT2D eigenvalue weighted by atomic mass is 15.1. The molecule has 0 bridgehead atoms. The summed E-state index contributed by atoms with van der Waals surface area (Å²) in [7, 11) is 0. The van der Waals surface area contributed by atoms with Crippen molar-refractivity contribution in [2.45, 2.75) is 40.7 Å². The van der Waals surface area contributed by atoms with E-state index in [0.29, 0.717) is 0 Å². The quantitative estimate of drug-likeness (QED) is 0.901. The third-order valence-corrected chi connectivity index (χ3v) is 3.24. The Balaban J connectivity index is 2.34. The molecule has 1 N–H and O–H groups in total. The van der Waals surface area contributed by atoms with Crippen molar-refractivity contribution in [3.8, 4) is 5.69 Å². The van der Waals surface area contributed by atoms with Crippen LogP contribution in [0.2, 0.25) is 0 Å². The van der Waals surface area contributed by atoms with Crippen LogP contribution in [-0.2, 0) is 13.0 Å². The van der Waals surface area contributed by atoms with E-state index in [1.165, 1.54) is 16.9 Å². The molecule has 0 aliphatic heterocycles. The monoisotopic (exact) mass is 271 g/mol. The van der Waals surface area contributed by atoms with Crippen LogP contribution in [0.4, 0.5) is 0 Å². The van der Waals surface area contributed by atoms with Gasteiger partial charge in [0, 0.05) is 18.4 Å². The number of para-hydroxylation sites is 1. The van der Waals surface area contributed by atoms with Gasteiger partial charge in [-0.05, 0) is 30.0 Å². The maximum absolute atomic E-state index is 4.35. The van der Waals surface area contributed by atoms with Crippen LogP contribution in [0.1, 0.15) is 39.0 Å². The predicted molar refractivity (Wildman–Crippen MR) is 84.1 cm³/mol. The zero-order valence-corrected chi connectivity index (χ0v) is 13.0. The minimum Gasteiger partial charge on any atom is -0.313 e. The Morgan fingerprint density at radius 2 is 1.95 bits per heavy atom. The molecule has 0 atom stereocenters. The largest absolute Gasteiger partial charge is 0.313 e. The SMILES string of the molecule is CCNCc1ccccc1-n1cncc1CC(C)(C)C. The van der Waals surface area contributed by atoms with E-state index in [-0.39, 0.29) is 5.41 Å². The molecule has 0 aliphatic rings. The van der Waals surface area contributed by atoms with E-state index in [9.17, 15) is 0 Å². The van der Waals surface area contributed by atoms with E-state index < -0.39 is 0 Å². The second-order valence-corrected chi connectivity index (χ2v) is 6.40. The summed E-state index contributed by atoms with van der Waals surface area (Å²) in [6.45, 7) is 10.8. The lowest BCUT2D eigenvalue weighted by Gasteiger charge is -2.20. The third kappa shape index (κ3) is 3.70. The lowest BCUT2D eigenvalue weighted by atomic mass is 9.90. The summed E-state index contributed by atoms with van der Waals surface area (Å²) in [4.78, 5) is 4.35. The van der Waals surface area contributed by atoms with Gasteiger partial charge in [-0.3, -0.25) is 0 Å². The highest BCUT2D eigenvalue weighted by Crippen LogP contribution is 2.23. The Morgan fingerprint density at radius 3 is 2.65 bits per heavy atom. The molecule has 1 aromatic carbocycles. The molecule has 0 spiro atoms. The zero-order valence-electron chi connectivity index (χ0n) is 13.0. The summed E-state index contributed by atoms with van der Waals surface area (Å²) in [5.41, 5.74) is 4.06. The summed E-state index contributed by atoms with van der Waals surface area (Å²) in [5, 5.41) is 3.40. The molecular formula is C17H25N3. The van der Waals surface area contributed by atoms with Crippen LogP contribution in [0.25, 0.3) is 5.69 Å². The fourth-order valence-corrected chi connectivity index (χ4v) is 2.37. The van der Waals surface area contributed by atoms with Crippen LogP contribution < -0.4 is 5.32 Å². The summed E-state index contributed by atoms with van der Waals surface area (Å²) >= 11 is 0. The van der Waals surface area contributed by atoms with Gasteiger partial charge in [-0.15, -0.1) is 0 Å². The van der Waals surface area contributed by atoms with Crippen LogP contribution in [0.3, 0.4) is 0 Å². The first-order valence-corrected chi connectivity index (χ1v) is 7.31. The summed E-state index contributed by atoms with van der Waals surface area (Å²) in [6.07, 6.45) is 4.92. The van der Waals surface area contributed by atoms with Gasteiger partial charge in [0.2, 0.25) is 0 Å². The van der Waals surface area contributed by atoms with Gasteiger partial charge in [-0.25, -0.2) is 4.98 Å². The first kappa shape index (κ1) is 14.8. The minimum atomic E-state index is 0.258. The van der Waals surface area contributed by atoms with Crippen LogP contribution in [0, 0.1) is 5.41 Å². The van der Waals surface area contributed by atoms with Crippen molar-refractivity contribution in [2.75, 3.05) is 6.54 Å². The molecule has 0 amide bonds. The summed E-state index contributed by atoms with van der Waals surface area (Å²) < 4.78 is 2.22. The lowest BCUT2D eigenvalue weighted by molar-refractivity contribution is 0.403. The number of rotatable bonds is 5. The van der Waals surface area contributed by atoms with Gasteiger partial charge in [-0.1, -0.05) is 45.9 Å². The molecule has 0 fully saturated rings. The Kier molecular flexibility index (Phi) is 4.61. The van der Waals surface area contributed by atoms with Crippen molar-refractivity contribution in [3.05, 3.63) is 48.0 Å². The van der Waals surface area contributed by atoms with Crippen LogP contribution in [-0.4, -0.2) is 16.1 Å². The van der Waals surface area contributed by atoms with Gasteiger partial charge >= 0.3 is 0 Å². The van der Waals surface area contributed by atoms with Gasteiger partial charge in [0.1, 0.15) is 0 Å². The zero-order chi connectivity index (χ0) is 14.6. The average Bonchev–Trinajstić information content (AvgIpc) is 2.82. The van der Waals surface area contributed by atoms with Crippen LogP contribution in [0.15, 0.2) is 36.8 Å². The minimum absolute atomic E-state index is 0.258. The molecular weight excluding hydrogens is 246 g/mol. The number of hydrogen-bond acceptors (Lipinski definition) is 2. The number of imidazole rings is 1. The normalized spacial score (nSPS) is 11.8. The maximum Gasteiger partial charge on any atom is 0.0994 e. The first-order valence-electron chi connectivity index (χ1n) is 7.31. The first-order chi connectivity index (χ1) is 9.51. The number of nitrogens with zero attached hydrogens (tertiary/aromatic N) is 2. The fraction of sp³-hybridized carbons (Fsp3) is 0.471. The standard InChI is InChI=1S/C17H25N3/c1-5-18-11-14-8-6-7-9-16(14)20-13-19-12-15(20)10-17(2,3)4/h6-9,12-13,18H,5,10-11H2,1-4H3. The molecule has 1 aromatic heterocycles. The van der Waals surface area contributed by atoms with Crippen molar-refractivity contribution in [3.63, 3.8) is 0 Å². The number of benzene rings is 1. The van der Waals surface area contributed by atoms with Crippen molar-refractivity contribution >= 4 is 0 Å². The topological polar surface area (TPSA) is 29.9 Å². The van der Waals surface area contributed by atoms with E-state index >= 15 is 0 Å². The van der Waals surface area contributed by atoms with E-state index in [0.717, 1.165) is 19.5 Å². The van der Waals surface area contributed by atoms with Crippen molar-refractivity contribution in [2.24, 2.45) is 5.41 Å². The van der Waals surface area contributed by atoms with Crippen molar-refractivity contribution < 1.29 is 0 Å². The molecule has 2 rings (SSSR count). The van der Waals surface area contributed by atoms with Gasteiger partial charge in [0.25, 0.3) is 0 Å². The number of hydrogen-bond donors (Lipinski definition) is 1. The third-order valence-electron chi connectivity index (χ3n) is 3.24. The molecule has 1 heterocycles. The molecule has 0 aliphatic carbocycles. The predicted octanol–water partition coefficient (Wildman–Crippen LogP) is 3.57. The number of aromatic nitrogens is 2. The van der Waals surface area contributed by atoms with Gasteiger partial charge < -0.3 is 9.88 Å². The molecule has 0 saturated heterocycles. The van der Waals surface area contributed by atoms with Gasteiger partial charge in [0.15, 0.2) is 0 Å². The molecule has 3 nitrogen and oxygen atoms in total. The molecule has 20 heavy (non-hydrogen) atoms. The Bertz CT molecular complexity index is 549. The van der Waals surface area contributed by atoms with Gasteiger partial charge in [0.05, 0.1) is 12.0 Å². The van der Waals surface area contributed by atoms with Crippen molar-refractivity contribution in [1.82, 2.24) is 14.9 Å². The van der Waals surface area contributed by atoms with Crippen LogP contribution in [0.5, 0.6) is 0 Å². The second kappa shape index (κ2) is 6.23. The highest BCUT2D eigenvalue weighted by molar-refractivity contribution is 5.42. The lowest BCUT2D eigenvalue weighted by Crippen LogP contribution is -2.16. The van der Waals surface area contributed by atoms with Gasteiger partial charge in [-0.2, -0.15) is 0 Å². The molecule has 0 unspecified atom stereocenters. The number of nitrogens with one attached hydrogen (secondary N) is 1. The molecule has 0 saturated carbocycles. The second-order valence-electron chi connectivity index (χ2n) is 6.40. The smallest absolute Gasteiger partial charge is 0.0994 e. The Hall–Kier alpha value is -1.61. The molecule has 2 aromatic rings.